The number of carbonyl (C=O) groups excluding carboxylic acids is 1. The lowest BCUT2D eigenvalue weighted by Gasteiger charge is -2.26. The van der Waals surface area contributed by atoms with Gasteiger partial charge in [-0.3, -0.25) is 0 Å². The first-order valence-electron chi connectivity index (χ1n) is 9.09. The molecule has 0 saturated heterocycles. The third kappa shape index (κ3) is 4.06. The van der Waals surface area contributed by atoms with Crippen molar-refractivity contribution in [2.24, 2.45) is 0 Å². The van der Waals surface area contributed by atoms with Crippen LogP contribution in [0.2, 0.25) is 0 Å². The summed E-state index contributed by atoms with van der Waals surface area (Å²) in [5, 5.41) is 10.4. The number of thioether (sulfide) groups is 1. The first-order chi connectivity index (χ1) is 14.1. The van der Waals surface area contributed by atoms with E-state index >= 15 is 0 Å². The van der Waals surface area contributed by atoms with E-state index < -0.39 is 6.04 Å². The van der Waals surface area contributed by atoms with Crippen molar-refractivity contribution in [3.8, 4) is 0 Å². The van der Waals surface area contributed by atoms with Crippen LogP contribution >= 0.6 is 23.1 Å². The molecule has 0 amide bonds. The van der Waals surface area contributed by atoms with E-state index in [1.54, 1.807) is 35.1 Å². The molecule has 1 aromatic carbocycles. The van der Waals surface area contributed by atoms with Gasteiger partial charge in [0.1, 0.15) is 11.9 Å². The molecule has 1 N–H and O–H groups in total. The lowest BCUT2D eigenvalue weighted by Crippen LogP contribution is -2.29. The van der Waals surface area contributed by atoms with Crippen LogP contribution in [0.25, 0.3) is 0 Å². The number of ether oxygens (including phenoxy) is 1. The molecule has 150 valence electrons. The fraction of sp³-hybridized carbons (Fsp3) is 0.250. The molecule has 1 aliphatic heterocycles. The monoisotopic (exact) mass is 430 g/mol. The number of nitrogens with zero attached hydrogens (tertiary/aromatic N) is 3. The molecule has 4 rings (SSSR count). The predicted octanol–water partition coefficient (Wildman–Crippen LogP) is 4.62. The van der Waals surface area contributed by atoms with Crippen LogP contribution in [0.1, 0.15) is 30.3 Å². The lowest BCUT2D eigenvalue weighted by atomic mass is 10.0. The van der Waals surface area contributed by atoms with Gasteiger partial charge in [-0.2, -0.15) is 4.98 Å². The number of hydrogen-bond donors (Lipinski definition) is 1. The maximum absolute atomic E-state index is 13.1. The van der Waals surface area contributed by atoms with Gasteiger partial charge in [0.15, 0.2) is 0 Å². The smallest absolute Gasteiger partial charge is 0.338 e. The predicted molar refractivity (Wildman–Crippen MR) is 111 cm³/mol. The number of hydrogen-bond acceptors (Lipinski definition) is 7. The van der Waals surface area contributed by atoms with Crippen molar-refractivity contribution in [2.75, 3.05) is 11.9 Å². The SMILES string of the molecule is CCOC(=O)C1=C(C)Nc2nc(SCc3ccc(F)cc3)nn2C1c1cccs1. The Morgan fingerprint density at radius 3 is 2.83 bits per heavy atom. The minimum absolute atomic E-state index is 0.259. The maximum atomic E-state index is 13.1. The molecule has 1 aliphatic rings. The molecule has 1 unspecified atom stereocenters. The third-order valence-electron chi connectivity index (χ3n) is 4.42. The summed E-state index contributed by atoms with van der Waals surface area (Å²) in [6, 6.07) is 9.90. The highest BCUT2D eigenvalue weighted by Gasteiger charge is 2.35. The van der Waals surface area contributed by atoms with Crippen LogP contribution in [0.3, 0.4) is 0 Å². The molecule has 0 spiro atoms. The highest BCUT2D eigenvalue weighted by atomic mass is 32.2. The van der Waals surface area contributed by atoms with Crippen molar-refractivity contribution in [1.82, 2.24) is 14.8 Å². The standard InChI is InChI=1S/C20H19FN4O2S2/c1-3-27-18(26)16-12(2)22-19-23-20(29-11-13-6-8-14(21)9-7-13)24-25(19)17(16)15-5-4-10-28-15/h4-10,17H,3,11H2,1-2H3,(H,22,23,24). The Labute approximate surface area is 175 Å². The van der Waals surface area contributed by atoms with Crippen LogP contribution in [-0.2, 0) is 15.3 Å². The van der Waals surface area contributed by atoms with Crippen molar-refractivity contribution in [3.63, 3.8) is 0 Å². The van der Waals surface area contributed by atoms with E-state index in [0.29, 0.717) is 34.7 Å². The molecule has 0 saturated carbocycles. The Bertz CT molecular complexity index is 1050. The molecular weight excluding hydrogens is 411 g/mol. The second-order valence-electron chi connectivity index (χ2n) is 6.38. The molecular formula is C20H19FN4O2S2. The summed E-state index contributed by atoms with van der Waals surface area (Å²) in [6.07, 6.45) is 0. The van der Waals surface area contributed by atoms with Gasteiger partial charge in [0, 0.05) is 16.3 Å². The minimum atomic E-state index is -0.391. The first-order valence-corrected chi connectivity index (χ1v) is 11.0. The normalized spacial score (nSPS) is 15.8. The molecule has 0 bridgehead atoms. The third-order valence-corrected chi connectivity index (χ3v) is 6.26. The number of rotatable bonds is 6. The summed E-state index contributed by atoms with van der Waals surface area (Å²) in [7, 11) is 0. The van der Waals surface area contributed by atoms with E-state index in [0.717, 1.165) is 10.4 Å². The summed E-state index contributed by atoms with van der Waals surface area (Å²) >= 11 is 3.01. The summed E-state index contributed by atoms with van der Waals surface area (Å²) in [5.41, 5.74) is 2.21. The fourth-order valence-electron chi connectivity index (χ4n) is 3.10. The van der Waals surface area contributed by atoms with Gasteiger partial charge in [-0.1, -0.05) is 30.0 Å². The zero-order valence-corrected chi connectivity index (χ0v) is 17.5. The number of esters is 1. The molecule has 6 nitrogen and oxygen atoms in total. The molecule has 2 aromatic heterocycles. The molecule has 29 heavy (non-hydrogen) atoms. The number of fused-ring (bicyclic) bond motifs is 1. The highest BCUT2D eigenvalue weighted by molar-refractivity contribution is 7.98. The van der Waals surface area contributed by atoms with Crippen LogP contribution in [0.4, 0.5) is 10.3 Å². The average Bonchev–Trinajstić information content (AvgIpc) is 3.36. The van der Waals surface area contributed by atoms with Gasteiger partial charge in [0.2, 0.25) is 11.1 Å². The summed E-state index contributed by atoms with van der Waals surface area (Å²) < 4.78 is 20.1. The van der Waals surface area contributed by atoms with Crippen LogP contribution in [-0.4, -0.2) is 27.3 Å². The number of thiophene rings is 1. The van der Waals surface area contributed by atoms with Gasteiger partial charge in [-0.15, -0.1) is 16.4 Å². The summed E-state index contributed by atoms with van der Waals surface area (Å²) in [5.74, 6) is 0.573. The topological polar surface area (TPSA) is 69.0 Å². The zero-order chi connectivity index (χ0) is 20.4. The number of allylic oxidation sites excluding steroid dienone is 1. The maximum Gasteiger partial charge on any atom is 0.338 e. The van der Waals surface area contributed by atoms with Gasteiger partial charge in [0.25, 0.3) is 0 Å². The Kier molecular flexibility index (Phi) is 5.68. The molecule has 3 heterocycles. The van der Waals surface area contributed by atoms with Gasteiger partial charge in [0.05, 0.1) is 12.2 Å². The van der Waals surface area contributed by atoms with Crippen molar-refractivity contribution < 1.29 is 13.9 Å². The number of carbonyl (C=O) groups is 1. The van der Waals surface area contributed by atoms with Crippen molar-refractivity contribution in [1.29, 1.82) is 0 Å². The van der Waals surface area contributed by atoms with Gasteiger partial charge >= 0.3 is 5.97 Å². The average molecular weight is 431 g/mol. The second kappa shape index (κ2) is 8.38. The number of benzene rings is 1. The summed E-state index contributed by atoms with van der Waals surface area (Å²) in [4.78, 5) is 18.2. The number of nitrogens with one attached hydrogen (secondary N) is 1. The Balaban J connectivity index is 1.64. The van der Waals surface area contributed by atoms with E-state index in [4.69, 9.17) is 4.74 Å². The van der Waals surface area contributed by atoms with Crippen LogP contribution in [0.15, 0.2) is 58.2 Å². The molecule has 0 fully saturated rings. The van der Waals surface area contributed by atoms with E-state index in [-0.39, 0.29) is 11.8 Å². The zero-order valence-electron chi connectivity index (χ0n) is 15.9. The molecule has 0 radical (unpaired) electrons. The van der Waals surface area contributed by atoms with Crippen molar-refractivity contribution in [2.45, 2.75) is 30.8 Å². The van der Waals surface area contributed by atoms with Crippen molar-refractivity contribution >= 4 is 35.0 Å². The van der Waals surface area contributed by atoms with Gasteiger partial charge in [-0.25, -0.2) is 13.9 Å². The fourth-order valence-corrected chi connectivity index (χ4v) is 4.71. The minimum Gasteiger partial charge on any atom is -0.463 e. The molecule has 1 atom stereocenters. The second-order valence-corrected chi connectivity index (χ2v) is 8.30. The molecule has 3 aromatic rings. The van der Waals surface area contributed by atoms with Crippen molar-refractivity contribution in [3.05, 3.63) is 69.3 Å². The number of halogens is 1. The van der Waals surface area contributed by atoms with Gasteiger partial charge < -0.3 is 10.1 Å². The largest absolute Gasteiger partial charge is 0.463 e. The number of aromatic nitrogens is 3. The molecule has 9 heteroatoms. The van der Waals surface area contributed by atoms with Gasteiger partial charge in [-0.05, 0) is 43.0 Å². The lowest BCUT2D eigenvalue weighted by molar-refractivity contribution is -0.139. The Morgan fingerprint density at radius 1 is 1.34 bits per heavy atom. The highest BCUT2D eigenvalue weighted by Crippen LogP contribution is 2.38. The van der Waals surface area contributed by atoms with Crippen LogP contribution in [0.5, 0.6) is 0 Å². The van der Waals surface area contributed by atoms with Crippen LogP contribution < -0.4 is 5.32 Å². The van der Waals surface area contributed by atoms with Crippen LogP contribution in [0, 0.1) is 5.82 Å². The number of anilines is 1. The van der Waals surface area contributed by atoms with E-state index in [1.807, 2.05) is 24.4 Å². The van der Waals surface area contributed by atoms with E-state index in [2.05, 4.69) is 15.4 Å². The van der Waals surface area contributed by atoms with E-state index in [9.17, 15) is 9.18 Å². The first kappa shape index (κ1) is 19.7. The Hall–Kier alpha value is -2.65. The van der Waals surface area contributed by atoms with E-state index in [1.165, 1.54) is 23.9 Å². The quantitative estimate of drug-likeness (QED) is 0.455. The summed E-state index contributed by atoms with van der Waals surface area (Å²) in [6.45, 7) is 3.93. The molecule has 0 aliphatic carbocycles. The Morgan fingerprint density at radius 2 is 2.14 bits per heavy atom.